The molecule has 18 rings (SSSR count). The van der Waals surface area contributed by atoms with Gasteiger partial charge in [0.15, 0.2) is 0 Å². The zero-order chi connectivity index (χ0) is 69.1. The van der Waals surface area contributed by atoms with Crippen molar-refractivity contribution in [1.29, 1.82) is 0 Å². The van der Waals surface area contributed by atoms with Crippen molar-refractivity contribution in [2.75, 3.05) is 14.7 Å². The second-order valence-electron chi connectivity index (χ2n) is 26.0. The number of benzene rings is 15. The summed E-state index contributed by atoms with van der Waals surface area (Å²) in [7, 11) is 0. The van der Waals surface area contributed by atoms with Crippen molar-refractivity contribution in [2.24, 2.45) is 0 Å². The smallest absolute Gasteiger partial charge is 0.143 e. The van der Waals surface area contributed by atoms with Gasteiger partial charge in [-0.2, -0.15) is 0 Å². The van der Waals surface area contributed by atoms with Gasteiger partial charge < -0.3 is 19.1 Å². The van der Waals surface area contributed by atoms with Crippen molar-refractivity contribution in [3.05, 3.63) is 406 Å². The minimum absolute atomic E-state index is 0.891. The molecule has 104 heavy (non-hydrogen) atoms. The number of fused-ring (bicyclic) bond motifs is 3. The van der Waals surface area contributed by atoms with Crippen LogP contribution in [0.4, 0.5) is 51.2 Å². The van der Waals surface area contributed by atoms with E-state index in [0.29, 0.717) is 0 Å². The van der Waals surface area contributed by atoms with Crippen molar-refractivity contribution in [3.63, 3.8) is 0 Å². The maximum absolute atomic E-state index is 6.52. The van der Waals surface area contributed by atoms with E-state index in [1.165, 1.54) is 41.8 Å². The number of anilines is 9. The van der Waals surface area contributed by atoms with E-state index in [1.54, 1.807) is 0 Å². The van der Waals surface area contributed by atoms with Crippen molar-refractivity contribution < 1.29 is 4.42 Å². The topological polar surface area (TPSA) is 22.9 Å². The molecule has 0 fully saturated rings. The van der Waals surface area contributed by atoms with Gasteiger partial charge in [0.1, 0.15) is 11.2 Å². The zero-order valence-corrected chi connectivity index (χ0v) is 58.4. The minimum Gasteiger partial charge on any atom is -0.455 e. The molecule has 0 saturated carbocycles. The summed E-state index contributed by atoms with van der Waals surface area (Å²) in [6, 6.07) is 147. The second-order valence-corrected chi connectivity index (χ2v) is 28.2. The number of hydrogen-bond acceptors (Lipinski definition) is 6. The molecule has 0 aliphatic carbocycles. The highest BCUT2D eigenvalue weighted by molar-refractivity contribution is 7.19. The van der Waals surface area contributed by atoms with Gasteiger partial charge in [-0.15, -0.1) is 22.7 Å². The van der Waals surface area contributed by atoms with Crippen LogP contribution in [0.5, 0.6) is 0 Å². The Morgan fingerprint density at radius 2 is 0.394 bits per heavy atom. The van der Waals surface area contributed by atoms with Gasteiger partial charge >= 0.3 is 0 Å². The highest BCUT2D eigenvalue weighted by Crippen LogP contribution is 2.45. The zero-order valence-electron chi connectivity index (χ0n) is 56.7. The second kappa shape index (κ2) is 28.1. The molecule has 0 amide bonds. The summed E-state index contributed by atoms with van der Waals surface area (Å²) in [6.07, 6.45) is 0. The van der Waals surface area contributed by atoms with Gasteiger partial charge in [-0.25, -0.2) is 0 Å². The Bertz CT molecular complexity index is 5650. The lowest BCUT2D eigenvalue weighted by atomic mass is 9.99. The molecule has 0 N–H and O–H groups in total. The van der Waals surface area contributed by atoms with Crippen LogP contribution in [0.2, 0.25) is 0 Å². The number of nitrogens with zero attached hydrogens (tertiary/aromatic N) is 3. The van der Waals surface area contributed by atoms with Crippen LogP contribution in [0, 0.1) is 0 Å². The summed E-state index contributed by atoms with van der Waals surface area (Å²) < 4.78 is 6.52. The molecule has 0 saturated heterocycles. The van der Waals surface area contributed by atoms with Crippen molar-refractivity contribution >= 4 is 95.8 Å². The van der Waals surface area contributed by atoms with Gasteiger partial charge in [0.05, 0.1) is 0 Å². The monoisotopic (exact) mass is 1370 g/mol. The van der Waals surface area contributed by atoms with Gasteiger partial charge in [0.2, 0.25) is 0 Å². The molecule has 492 valence electrons. The highest BCUT2D eigenvalue weighted by atomic mass is 32.1. The number of rotatable bonds is 18. The van der Waals surface area contributed by atoms with Crippen LogP contribution in [-0.4, -0.2) is 0 Å². The first-order valence-electron chi connectivity index (χ1n) is 35.2. The van der Waals surface area contributed by atoms with Crippen LogP contribution in [0.15, 0.2) is 411 Å². The molecule has 18 aromatic rings. The Morgan fingerprint density at radius 1 is 0.163 bits per heavy atom. The van der Waals surface area contributed by atoms with E-state index in [9.17, 15) is 0 Å². The molecule has 0 spiro atoms. The molecular formula is C98H67N3OS2. The van der Waals surface area contributed by atoms with Crippen LogP contribution in [-0.2, 0) is 0 Å². The largest absolute Gasteiger partial charge is 0.455 e. The quantitative estimate of drug-likeness (QED) is 0.0854. The first kappa shape index (κ1) is 63.1. The molecule has 0 aliphatic heterocycles. The lowest BCUT2D eigenvalue weighted by Gasteiger charge is -2.26. The minimum atomic E-state index is 0.891. The average Bonchev–Trinajstić information content (AvgIpc) is 1.44. The maximum atomic E-state index is 6.52. The van der Waals surface area contributed by atoms with Gasteiger partial charge in [-0.1, -0.05) is 267 Å². The van der Waals surface area contributed by atoms with Crippen molar-refractivity contribution in [3.8, 4) is 97.4 Å². The molecular weight excluding hydrogens is 1300 g/mol. The predicted molar refractivity (Wildman–Crippen MR) is 442 cm³/mol. The third kappa shape index (κ3) is 12.8. The average molecular weight is 1370 g/mol. The summed E-state index contributed by atoms with van der Waals surface area (Å²) in [5.74, 6) is 0. The summed E-state index contributed by atoms with van der Waals surface area (Å²) >= 11 is 3.65. The molecule has 3 aromatic heterocycles. The standard InChI is InChI=1S/C98H67N3OS2/c1-5-16-77(17-6-1)94-64-66-96(103-94)79-46-60-88(61-47-79)99(81-20-9-3-10-21-81)83-50-36-72(37-51-83)68-28-32-70(33-29-68)74-40-54-85(55-41-74)101(87-58-44-76(45-59-87)90-25-15-26-92-91-24-13-14-27-93(91)102-98(90)92)86-56-42-75(43-57-86)71-34-30-69(31-35-71)73-38-52-84(53-39-73)100(82-22-11-4-12-23-82)89-62-48-80(49-63-89)97-67-65-95(104-97)78-18-7-2-8-19-78/h1-67H. The summed E-state index contributed by atoms with van der Waals surface area (Å²) in [6.45, 7) is 0. The van der Waals surface area contributed by atoms with E-state index in [0.717, 1.165) is 129 Å². The first-order chi connectivity index (χ1) is 51.5. The van der Waals surface area contributed by atoms with E-state index in [4.69, 9.17) is 4.42 Å². The van der Waals surface area contributed by atoms with Crippen LogP contribution >= 0.6 is 22.7 Å². The maximum Gasteiger partial charge on any atom is 0.143 e. The third-order valence-electron chi connectivity index (χ3n) is 19.6. The third-order valence-corrected chi connectivity index (χ3v) is 22.0. The molecule has 3 heterocycles. The van der Waals surface area contributed by atoms with Crippen molar-refractivity contribution in [2.45, 2.75) is 0 Å². The Hall–Kier alpha value is -13.1. The lowest BCUT2D eigenvalue weighted by molar-refractivity contribution is 0.670. The summed E-state index contributed by atoms with van der Waals surface area (Å²) in [4.78, 5) is 12.0. The Balaban J connectivity index is 0.593. The van der Waals surface area contributed by atoms with Crippen LogP contribution in [0.3, 0.4) is 0 Å². The normalized spacial score (nSPS) is 11.3. The van der Waals surface area contributed by atoms with Gasteiger partial charge in [0.25, 0.3) is 0 Å². The number of thiophene rings is 2. The summed E-state index contributed by atoms with van der Waals surface area (Å²) in [5.41, 5.74) is 27.8. The molecule has 0 unspecified atom stereocenters. The number of furan rings is 1. The fraction of sp³-hybridized carbons (Fsp3) is 0. The lowest BCUT2D eigenvalue weighted by Crippen LogP contribution is -2.09. The van der Waals surface area contributed by atoms with Crippen LogP contribution in [0.1, 0.15) is 0 Å². The van der Waals surface area contributed by atoms with Gasteiger partial charge in [-0.3, -0.25) is 0 Å². The van der Waals surface area contributed by atoms with Crippen molar-refractivity contribution in [1.82, 2.24) is 0 Å². The van der Waals surface area contributed by atoms with Gasteiger partial charge in [0, 0.05) is 87.0 Å². The number of para-hydroxylation sites is 4. The molecule has 4 nitrogen and oxygen atoms in total. The van der Waals surface area contributed by atoms with E-state index in [-0.39, 0.29) is 0 Å². The van der Waals surface area contributed by atoms with Gasteiger partial charge in [-0.05, 0) is 212 Å². The summed E-state index contributed by atoms with van der Waals surface area (Å²) in [5, 5.41) is 2.24. The SMILES string of the molecule is c1ccc(-c2ccc(-c3ccc(N(c4ccccc4)c4ccc(-c5ccc(-c6ccc(N(c7ccc(-c8ccc(-c9ccc(N(c%10ccccc%10)c%10ccc(-c%11ccc(-c%12ccccc%12)s%11)cc%10)cc9)cc8)cc7)c7ccc(-c8cccc9c8oc8ccccc89)cc7)cc6)cc5)cc4)cc3)s2)cc1. The number of hydrogen-bond donors (Lipinski definition) is 0. The predicted octanol–water partition coefficient (Wildman–Crippen LogP) is 29.1. The van der Waals surface area contributed by atoms with E-state index in [2.05, 4.69) is 409 Å². The fourth-order valence-corrected chi connectivity index (χ4v) is 16.3. The molecule has 0 radical (unpaired) electrons. The Morgan fingerprint density at radius 3 is 0.712 bits per heavy atom. The molecule has 6 heteroatoms. The highest BCUT2D eigenvalue weighted by Gasteiger charge is 2.20. The fourth-order valence-electron chi connectivity index (χ4n) is 14.2. The Kier molecular flexibility index (Phi) is 17.1. The van der Waals surface area contributed by atoms with Crippen LogP contribution < -0.4 is 14.7 Å². The molecule has 0 atom stereocenters. The first-order valence-corrected chi connectivity index (χ1v) is 36.8. The molecule has 0 aliphatic rings. The van der Waals surface area contributed by atoms with E-state index < -0.39 is 0 Å². The van der Waals surface area contributed by atoms with Crippen LogP contribution in [0.25, 0.3) is 119 Å². The molecule has 0 bridgehead atoms. The molecule has 15 aromatic carbocycles. The Labute approximate surface area is 614 Å². The van der Waals surface area contributed by atoms with E-state index >= 15 is 0 Å². The van der Waals surface area contributed by atoms with E-state index in [1.807, 2.05) is 34.8 Å².